The highest BCUT2D eigenvalue weighted by Crippen LogP contribution is 2.33. The lowest BCUT2D eigenvalue weighted by Crippen LogP contribution is -2.28. The number of hydrogen-bond donors (Lipinski definition) is 2. The van der Waals surface area contributed by atoms with Gasteiger partial charge in [-0.25, -0.2) is 9.97 Å². The Hall–Kier alpha value is -2.43. The minimum atomic E-state index is -0.217. The average molecular weight is 296 g/mol. The summed E-state index contributed by atoms with van der Waals surface area (Å²) < 4.78 is 0. The Bertz CT molecular complexity index is 712. The zero-order valence-electron chi connectivity index (χ0n) is 12.8. The molecule has 0 fully saturated rings. The van der Waals surface area contributed by atoms with Crippen LogP contribution < -0.4 is 11.1 Å². The van der Waals surface area contributed by atoms with Crippen LogP contribution in [-0.4, -0.2) is 15.9 Å². The molecule has 0 saturated carbocycles. The van der Waals surface area contributed by atoms with Crippen molar-refractivity contribution >= 4 is 11.7 Å². The molecule has 1 heterocycles. The highest BCUT2D eigenvalue weighted by molar-refractivity contribution is 5.98. The average Bonchev–Trinajstić information content (AvgIpc) is 2.90. The minimum absolute atomic E-state index is 0.0285. The molecule has 5 nitrogen and oxygen atoms in total. The van der Waals surface area contributed by atoms with Crippen molar-refractivity contribution in [1.82, 2.24) is 15.3 Å². The molecule has 1 aromatic carbocycles. The van der Waals surface area contributed by atoms with E-state index in [0.29, 0.717) is 11.5 Å². The summed E-state index contributed by atoms with van der Waals surface area (Å²) in [6.45, 7) is 4.35. The number of hydrogen-bond acceptors (Lipinski definition) is 4. The van der Waals surface area contributed by atoms with Gasteiger partial charge in [-0.15, -0.1) is 0 Å². The summed E-state index contributed by atoms with van der Waals surface area (Å²) in [5.74, 6) is 0.466. The minimum Gasteiger partial charge on any atom is -0.383 e. The molecule has 1 aromatic heterocycles. The van der Waals surface area contributed by atoms with E-state index < -0.39 is 0 Å². The molecule has 2 aromatic rings. The molecule has 0 spiro atoms. The number of anilines is 1. The molecule has 0 bridgehead atoms. The molecule has 22 heavy (non-hydrogen) atoms. The molecule has 1 unspecified atom stereocenters. The van der Waals surface area contributed by atoms with Gasteiger partial charge in [-0.2, -0.15) is 0 Å². The summed E-state index contributed by atoms with van der Waals surface area (Å²) in [5, 5.41) is 3.06. The fourth-order valence-electron chi connectivity index (χ4n) is 2.88. The van der Waals surface area contributed by atoms with Crippen molar-refractivity contribution < 1.29 is 4.79 Å². The lowest BCUT2D eigenvalue weighted by Gasteiger charge is -2.16. The summed E-state index contributed by atoms with van der Waals surface area (Å²) in [6, 6.07) is 6.59. The van der Waals surface area contributed by atoms with Crippen LogP contribution in [0.5, 0.6) is 0 Å². The Kier molecular flexibility index (Phi) is 3.79. The first kappa shape index (κ1) is 14.5. The van der Waals surface area contributed by atoms with Crippen LogP contribution in [0.2, 0.25) is 0 Å². The predicted molar refractivity (Wildman–Crippen MR) is 85.5 cm³/mol. The lowest BCUT2D eigenvalue weighted by molar-refractivity contribution is 0.0937. The van der Waals surface area contributed by atoms with Gasteiger partial charge in [-0.05, 0) is 35.4 Å². The summed E-state index contributed by atoms with van der Waals surface area (Å²) in [7, 11) is 0. The number of nitrogens with two attached hydrogens (primary N) is 1. The maximum Gasteiger partial charge on any atom is 0.257 e. The topological polar surface area (TPSA) is 80.9 Å². The number of nitrogen functional groups attached to an aromatic ring is 1. The fourth-order valence-corrected chi connectivity index (χ4v) is 2.88. The van der Waals surface area contributed by atoms with Crippen molar-refractivity contribution in [3.63, 3.8) is 0 Å². The van der Waals surface area contributed by atoms with Gasteiger partial charge >= 0.3 is 0 Å². The molecular weight excluding hydrogens is 276 g/mol. The SMILES string of the molecule is CC(C)c1ccc2c(c1)C(NC(=O)c1cncnc1N)CC2. The van der Waals surface area contributed by atoms with Crippen molar-refractivity contribution in [2.24, 2.45) is 0 Å². The van der Waals surface area contributed by atoms with Gasteiger partial charge in [-0.3, -0.25) is 4.79 Å². The van der Waals surface area contributed by atoms with E-state index in [1.807, 2.05) is 0 Å². The third-order valence-corrected chi connectivity index (χ3v) is 4.21. The lowest BCUT2D eigenvalue weighted by atomic mass is 9.97. The maximum absolute atomic E-state index is 12.4. The van der Waals surface area contributed by atoms with E-state index in [9.17, 15) is 4.79 Å². The standard InChI is InChI=1S/C17H20N4O/c1-10(2)12-4-3-11-5-6-15(13(11)7-12)21-17(22)14-8-19-9-20-16(14)18/h3-4,7-10,15H,5-6H2,1-2H3,(H,21,22)(H2,18,19,20). The maximum atomic E-state index is 12.4. The molecular formula is C17H20N4O. The van der Waals surface area contributed by atoms with Crippen LogP contribution in [0.15, 0.2) is 30.7 Å². The Morgan fingerprint density at radius 3 is 2.95 bits per heavy atom. The Morgan fingerprint density at radius 1 is 1.41 bits per heavy atom. The molecule has 1 amide bonds. The Morgan fingerprint density at radius 2 is 2.23 bits per heavy atom. The third-order valence-electron chi connectivity index (χ3n) is 4.21. The van der Waals surface area contributed by atoms with Gasteiger partial charge in [0.15, 0.2) is 0 Å². The van der Waals surface area contributed by atoms with Crippen molar-refractivity contribution in [3.8, 4) is 0 Å². The van der Waals surface area contributed by atoms with Gasteiger partial charge in [0, 0.05) is 6.20 Å². The first-order chi connectivity index (χ1) is 10.6. The number of carbonyl (C=O) groups is 1. The highest BCUT2D eigenvalue weighted by atomic mass is 16.1. The monoisotopic (exact) mass is 296 g/mol. The van der Waals surface area contributed by atoms with Gasteiger partial charge in [0.2, 0.25) is 0 Å². The number of aryl methyl sites for hydroxylation is 1. The molecule has 5 heteroatoms. The van der Waals surface area contributed by atoms with E-state index in [0.717, 1.165) is 12.8 Å². The summed E-state index contributed by atoms with van der Waals surface area (Å²) in [5.41, 5.74) is 9.90. The number of carbonyl (C=O) groups excluding carboxylic acids is 1. The van der Waals surface area contributed by atoms with Crippen LogP contribution in [0.25, 0.3) is 0 Å². The summed E-state index contributed by atoms with van der Waals surface area (Å²) >= 11 is 0. The van der Waals surface area contributed by atoms with E-state index in [4.69, 9.17) is 5.73 Å². The van der Waals surface area contributed by atoms with Gasteiger partial charge in [0.25, 0.3) is 5.91 Å². The van der Waals surface area contributed by atoms with Crippen molar-refractivity contribution in [3.05, 3.63) is 53.0 Å². The number of nitrogens with one attached hydrogen (secondary N) is 1. The van der Waals surface area contributed by atoms with Crippen LogP contribution in [-0.2, 0) is 6.42 Å². The van der Waals surface area contributed by atoms with Gasteiger partial charge in [0.1, 0.15) is 12.1 Å². The number of benzene rings is 1. The number of amides is 1. The molecule has 3 rings (SSSR count). The summed E-state index contributed by atoms with van der Waals surface area (Å²) in [6.07, 6.45) is 4.69. The molecule has 0 saturated heterocycles. The highest BCUT2D eigenvalue weighted by Gasteiger charge is 2.25. The van der Waals surface area contributed by atoms with Crippen LogP contribution >= 0.6 is 0 Å². The summed E-state index contributed by atoms with van der Waals surface area (Å²) in [4.78, 5) is 20.1. The largest absolute Gasteiger partial charge is 0.383 e. The quantitative estimate of drug-likeness (QED) is 0.912. The van der Waals surface area contributed by atoms with Crippen molar-refractivity contribution in [1.29, 1.82) is 0 Å². The van der Waals surface area contributed by atoms with Crippen molar-refractivity contribution in [2.45, 2.75) is 38.6 Å². The van der Waals surface area contributed by atoms with Gasteiger partial charge in [0.05, 0.1) is 11.6 Å². The number of fused-ring (bicyclic) bond motifs is 1. The number of rotatable bonds is 3. The normalized spacial score (nSPS) is 16.6. The van der Waals surface area contributed by atoms with E-state index >= 15 is 0 Å². The molecule has 1 aliphatic carbocycles. The predicted octanol–water partition coefficient (Wildman–Crippen LogP) is 2.60. The smallest absolute Gasteiger partial charge is 0.257 e. The fraction of sp³-hybridized carbons (Fsp3) is 0.353. The first-order valence-corrected chi connectivity index (χ1v) is 7.55. The Balaban J connectivity index is 1.83. The molecule has 0 aliphatic heterocycles. The molecule has 114 valence electrons. The molecule has 1 aliphatic rings. The van der Waals surface area contributed by atoms with Crippen LogP contribution in [0.1, 0.15) is 59.3 Å². The molecule has 3 N–H and O–H groups in total. The van der Waals surface area contributed by atoms with Crippen molar-refractivity contribution in [2.75, 3.05) is 5.73 Å². The van der Waals surface area contributed by atoms with Crippen LogP contribution in [0.4, 0.5) is 5.82 Å². The van der Waals surface area contributed by atoms with Gasteiger partial charge < -0.3 is 11.1 Å². The second-order valence-corrected chi connectivity index (χ2v) is 6.00. The number of nitrogens with zero attached hydrogens (tertiary/aromatic N) is 2. The second-order valence-electron chi connectivity index (χ2n) is 6.00. The molecule has 1 atom stereocenters. The van der Waals surface area contributed by atoms with Gasteiger partial charge in [-0.1, -0.05) is 32.0 Å². The van der Waals surface area contributed by atoms with Crippen LogP contribution in [0.3, 0.4) is 0 Å². The van der Waals surface area contributed by atoms with E-state index in [2.05, 4.69) is 47.3 Å². The first-order valence-electron chi connectivity index (χ1n) is 7.55. The van der Waals surface area contributed by atoms with Crippen LogP contribution in [0, 0.1) is 0 Å². The van der Waals surface area contributed by atoms with E-state index in [-0.39, 0.29) is 17.8 Å². The second kappa shape index (κ2) is 5.75. The van der Waals surface area contributed by atoms with E-state index in [1.165, 1.54) is 29.2 Å². The third kappa shape index (κ3) is 2.66. The zero-order valence-corrected chi connectivity index (χ0v) is 12.8. The molecule has 0 radical (unpaired) electrons. The Labute approximate surface area is 130 Å². The zero-order chi connectivity index (χ0) is 15.7. The number of aromatic nitrogens is 2. The van der Waals surface area contributed by atoms with E-state index in [1.54, 1.807) is 0 Å².